The molecule has 24 heavy (non-hydrogen) atoms. The first-order chi connectivity index (χ1) is 11.6. The number of rotatable bonds is 5. The molecule has 1 saturated carbocycles. The van der Waals surface area contributed by atoms with Crippen LogP contribution in [0.1, 0.15) is 54.9 Å². The number of ether oxygens (including phenoxy) is 1. The highest BCUT2D eigenvalue weighted by atomic mass is 16.5. The third kappa shape index (κ3) is 5.68. The van der Waals surface area contributed by atoms with E-state index in [0.717, 1.165) is 37.7 Å². The van der Waals surface area contributed by atoms with Gasteiger partial charge in [-0.05, 0) is 37.0 Å². The molecule has 3 amide bonds. The van der Waals surface area contributed by atoms with E-state index in [1.807, 2.05) is 19.1 Å². The molecule has 0 saturated heterocycles. The fourth-order valence-corrected chi connectivity index (χ4v) is 2.72. The molecule has 1 aromatic carbocycles. The molecule has 0 heterocycles. The van der Waals surface area contributed by atoms with Gasteiger partial charge in [0.25, 0.3) is 5.91 Å². The highest BCUT2D eigenvalue weighted by Crippen LogP contribution is 2.17. The highest BCUT2D eigenvalue weighted by molar-refractivity contribution is 5.97. The van der Waals surface area contributed by atoms with Crippen LogP contribution in [0.15, 0.2) is 24.3 Å². The van der Waals surface area contributed by atoms with Crippen molar-refractivity contribution in [2.24, 2.45) is 0 Å². The van der Waals surface area contributed by atoms with Crippen molar-refractivity contribution in [1.29, 1.82) is 0 Å². The topological polar surface area (TPSA) is 84.5 Å². The van der Waals surface area contributed by atoms with Gasteiger partial charge in [-0.15, -0.1) is 0 Å². The summed E-state index contributed by atoms with van der Waals surface area (Å²) >= 11 is 0. The summed E-state index contributed by atoms with van der Waals surface area (Å²) in [5.41, 5.74) is 1.50. The van der Waals surface area contributed by atoms with E-state index in [9.17, 15) is 14.4 Å². The zero-order valence-corrected chi connectivity index (χ0v) is 14.0. The molecular formula is C18H24N2O4. The maximum absolute atomic E-state index is 11.8. The summed E-state index contributed by atoms with van der Waals surface area (Å²) in [6.07, 6.45) is 6.12. The third-order valence-electron chi connectivity index (χ3n) is 4.13. The number of aryl methyl sites for hydroxylation is 1. The molecule has 1 aromatic rings. The SMILES string of the molecule is CCc1ccc(C(=O)OCC(=O)NC(=O)NC2CCCCC2)cc1. The number of urea groups is 1. The zero-order valence-electron chi connectivity index (χ0n) is 14.0. The zero-order chi connectivity index (χ0) is 17.4. The van der Waals surface area contributed by atoms with Crippen molar-refractivity contribution in [3.8, 4) is 0 Å². The van der Waals surface area contributed by atoms with E-state index in [2.05, 4.69) is 10.6 Å². The van der Waals surface area contributed by atoms with Gasteiger partial charge in [0.2, 0.25) is 0 Å². The Morgan fingerprint density at radius 2 is 1.75 bits per heavy atom. The molecule has 0 aliphatic heterocycles. The summed E-state index contributed by atoms with van der Waals surface area (Å²) < 4.78 is 4.92. The second-order valence-corrected chi connectivity index (χ2v) is 5.98. The fourth-order valence-electron chi connectivity index (χ4n) is 2.72. The van der Waals surface area contributed by atoms with Crippen molar-refractivity contribution in [2.75, 3.05) is 6.61 Å². The fraction of sp³-hybridized carbons (Fsp3) is 0.500. The lowest BCUT2D eigenvalue weighted by molar-refractivity contribution is -0.123. The van der Waals surface area contributed by atoms with Gasteiger partial charge in [0, 0.05) is 6.04 Å². The quantitative estimate of drug-likeness (QED) is 0.812. The minimum Gasteiger partial charge on any atom is -0.452 e. The van der Waals surface area contributed by atoms with Crippen molar-refractivity contribution in [3.63, 3.8) is 0 Å². The van der Waals surface area contributed by atoms with Gasteiger partial charge < -0.3 is 10.1 Å². The molecular weight excluding hydrogens is 308 g/mol. The molecule has 2 N–H and O–H groups in total. The molecule has 0 atom stereocenters. The Hall–Kier alpha value is -2.37. The van der Waals surface area contributed by atoms with Gasteiger partial charge in [-0.2, -0.15) is 0 Å². The number of benzene rings is 1. The normalized spacial score (nSPS) is 14.7. The van der Waals surface area contributed by atoms with Crippen LogP contribution in [0, 0.1) is 0 Å². The molecule has 1 fully saturated rings. The number of carbonyl (C=O) groups excluding carboxylic acids is 3. The summed E-state index contributed by atoms with van der Waals surface area (Å²) in [6.45, 7) is 1.54. The molecule has 0 spiro atoms. The first-order valence-corrected chi connectivity index (χ1v) is 8.45. The Bertz CT molecular complexity index is 577. The Kier molecular flexibility index (Phi) is 6.78. The van der Waals surface area contributed by atoms with Gasteiger partial charge in [0.15, 0.2) is 6.61 Å². The van der Waals surface area contributed by atoms with E-state index in [4.69, 9.17) is 4.74 Å². The number of hydrogen-bond donors (Lipinski definition) is 2. The molecule has 0 radical (unpaired) electrons. The maximum atomic E-state index is 11.8. The number of imide groups is 1. The van der Waals surface area contributed by atoms with Crippen molar-refractivity contribution >= 4 is 17.9 Å². The maximum Gasteiger partial charge on any atom is 0.338 e. The van der Waals surface area contributed by atoms with Crippen LogP contribution >= 0.6 is 0 Å². The lowest BCUT2D eigenvalue weighted by Crippen LogP contribution is -2.46. The Morgan fingerprint density at radius 1 is 1.08 bits per heavy atom. The third-order valence-corrected chi connectivity index (χ3v) is 4.13. The average molecular weight is 332 g/mol. The highest BCUT2D eigenvalue weighted by Gasteiger charge is 2.17. The van der Waals surface area contributed by atoms with Crippen LogP contribution in [0.2, 0.25) is 0 Å². The molecule has 6 heteroatoms. The minimum atomic E-state index is -0.637. The van der Waals surface area contributed by atoms with Crippen molar-refractivity contribution < 1.29 is 19.1 Å². The smallest absolute Gasteiger partial charge is 0.338 e. The lowest BCUT2D eigenvalue weighted by Gasteiger charge is -2.22. The predicted octanol–water partition coefficient (Wildman–Crippen LogP) is 2.56. The number of amides is 3. The van der Waals surface area contributed by atoms with Crippen molar-refractivity contribution in [1.82, 2.24) is 10.6 Å². The molecule has 2 rings (SSSR count). The lowest BCUT2D eigenvalue weighted by atomic mass is 9.96. The standard InChI is InChI=1S/C18H24N2O4/c1-2-13-8-10-14(11-9-13)17(22)24-12-16(21)20-18(23)19-15-6-4-3-5-7-15/h8-11,15H,2-7,12H2,1H3,(H2,19,20,21,23). The summed E-state index contributed by atoms with van der Waals surface area (Å²) in [4.78, 5) is 35.3. The van der Waals surface area contributed by atoms with Crippen LogP contribution < -0.4 is 10.6 Å². The van der Waals surface area contributed by atoms with Gasteiger partial charge in [0.1, 0.15) is 0 Å². The number of esters is 1. The van der Waals surface area contributed by atoms with E-state index in [1.165, 1.54) is 6.42 Å². The molecule has 0 bridgehead atoms. The van der Waals surface area contributed by atoms with Crippen LogP contribution in [0.5, 0.6) is 0 Å². The van der Waals surface area contributed by atoms with E-state index in [0.29, 0.717) is 5.56 Å². The van der Waals surface area contributed by atoms with Gasteiger partial charge >= 0.3 is 12.0 Å². The molecule has 1 aliphatic carbocycles. The Morgan fingerprint density at radius 3 is 2.38 bits per heavy atom. The summed E-state index contributed by atoms with van der Waals surface area (Å²) in [5, 5.41) is 4.96. The van der Waals surface area contributed by atoms with E-state index in [-0.39, 0.29) is 6.04 Å². The van der Waals surface area contributed by atoms with Crippen LogP contribution in [-0.2, 0) is 16.0 Å². The van der Waals surface area contributed by atoms with Crippen LogP contribution in [0.3, 0.4) is 0 Å². The number of carbonyl (C=O) groups is 3. The molecule has 0 unspecified atom stereocenters. The summed E-state index contributed by atoms with van der Waals surface area (Å²) in [6, 6.07) is 6.59. The van der Waals surface area contributed by atoms with E-state index >= 15 is 0 Å². The average Bonchev–Trinajstić information content (AvgIpc) is 2.60. The van der Waals surface area contributed by atoms with E-state index in [1.54, 1.807) is 12.1 Å². The first kappa shape index (κ1) is 18.0. The van der Waals surface area contributed by atoms with Crippen LogP contribution in [0.25, 0.3) is 0 Å². The van der Waals surface area contributed by atoms with Crippen molar-refractivity contribution in [3.05, 3.63) is 35.4 Å². The summed E-state index contributed by atoms with van der Waals surface area (Å²) in [5.74, 6) is -1.22. The molecule has 1 aliphatic rings. The monoisotopic (exact) mass is 332 g/mol. The predicted molar refractivity (Wildman–Crippen MR) is 89.6 cm³/mol. The molecule has 130 valence electrons. The van der Waals surface area contributed by atoms with Gasteiger partial charge in [0.05, 0.1) is 5.56 Å². The second-order valence-electron chi connectivity index (χ2n) is 5.98. The number of nitrogens with one attached hydrogen (secondary N) is 2. The summed E-state index contributed by atoms with van der Waals surface area (Å²) in [7, 11) is 0. The minimum absolute atomic E-state index is 0.117. The van der Waals surface area contributed by atoms with Crippen LogP contribution in [0.4, 0.5) is 4.79 Å². The van der Waals surface area contributed by atoms with Crippen molar-refractivity contribution in [2.45, 2.75) is 51.5 Å². The second kappa shape index (κ2) is 9.05. The Balaban J connectivity index is 1.71. The van der Waals surface area contributed by atoms with Crippen LogP contribution in [-0.4, -0.2) is 30.6 Å². The largest absolute Gasteiger partial charge is 0.452 e. The van der Waals surface area contributed by atoms with E-state index < -0.39 is 24.5 Å². The van der Waals surface area contributed by atoms with Gasteiger partial charge in [-0.1, -0.05) is 38.3 Å². The number of hydrogen-bond acceptors (Lipinski definition) is 4. The Labute approximate surface area is 142 Å². The van der Waals surface area contributed by atoms with Gasteiger partial charge in [-0.25, -0.2) is 9.59 Å². The first-order valence-electron chi connectivity index (χ1n) is 8.45. The molecule has 0 aromatic heterocycles. The van der Waals surface area contributed by atoms with Gasteiger partial charge in [-0.3, -0.25) is 10.1 Å². The molecule has 6 nitrogen and oxygen atoms in total.